The van der Waals surface area contributed by atoms with Crippen LogP contribution in [0, 0.1) is 23.7 Å². The van der Waals surface area contributed by atoms with Gasteiger partial charge in [0, 0.05) is 0 Å². The zero-order valence-corrected chi connectivity index (χ0v) is 37.6. The summed E-state index contributed by atoms with van der Waals surface area (Å²) < 4.78 is 0. The Morgan fingerprint density at radius 1 is 0.559 bits per heavy atom. The predicted octanol–water partition coefficient (Wildman–Crippen LogP) is -0.485. The Morgan fingerprint density at radius 3 is 1.49 bits per heavy atom. The number of amides is 8. The minimum Gasteiger partial charge on any atom is -0.480 e. The lowest BCUT2D eigenvalue weighted by atomic mass is 9.97. The Morgan fingerprint density at radius 2 is 1.02 bits per heavy atom. The molecule has 59 heavy (non-hydrogen) atoms. The van der Waals surface area contributed by atoms with Gasteiger partial charge in [-0.2, -0.15) is 11.8 Å². The third-order valence-corrected chi connectivity index (χ3v) is 10.0. The van der Waals surface area contributed by atoms with Crippen molar-refractivity contribution in [3.8, 4) is 0 Å². The number of carbonyl (C=O) groups excluding carboxylic acids is 8. The number of hydrogen-bond donors (Lipinski definition) is 10. The maximum absolute atomic E-state index is 13.4. The van der Waals surface area contributed by atoms with Crippen LogP contribution in [0.2, 0.25) is 0 Å². The van der Waals surface area contributed by atoms with E-state index in [2.05, 4.69) is 42.5 Å². The van der Waals surface area contributed by atoms with Crippen molar-refractivity contribution in [2.45, 2.75) is 150 Å². The first-order chi connectivity index (χ1) is 27.4. The number of carboxylic acid groups (broad SMARTS) is 1. The highest BCUT2D eigenvalue weighted by atomic mass is 32.2. The van der Waals surface area contributed by atoms with Gasteiger partial charge in [-0.05, 0) is 75.7 Å². The van der Waals surface area contributed by atoms with Crippen LogP contribution < -0.4 is 48.3 Å². The first-order valence-corrected chi connectivity index (χ1v) is 21.6. The fraction of sp³-hybridized carbons (Fsp3) is 0.769. The fourth-order valence-electron chi connectivity index (χ4n) is 5.53. The smallest absolute Gasteiger partial charge is 0.326 e. The van der Waals surface area contributed by atoms with E-state index < -0.39 is 114 Å². The average molecular weight is 858 g/mol. The molecule has 0 aromatic heterocycles. The lowest BCUT2D eigenvalue weighted by Gasteiger charge is -2.28. The second-order valence-electron chi connectivity index (χ2n) is 16.2. The van der Waals surface area contributed by atoms with Crippen LogP contribution in [0.4, 0.5) is 0 Å². The van der Waals surface area contributed by atoms with E-state index in [1.807, 2.05) is 27.0 Å². The number of nitrogens with one attached hydrogen (secondary N) is 8. The van der Waals surface area contributed by atoms with Crippen molar-refractivity contribution in [2.75, 3.05) is 18.6 Å². The number of carbonyl (C=O) groups is 9. The van der Waals surface area contributed by atoms with Gasteiger partial charge in [-0.1, -0.05) is 61.8 Å². The van der Waals surface area contributed by atoms with Gasteiger partial charge in [-0.25, -0.2) is 4.79 Å². The third kappa shape index (κ3) is 20.9. The summed E-state index contributed by atoms with van der Waals surface area (Å²) in [5, 5.41) is 29.7. The molecule has 0 spiro atoms. The molecule has 0 aromatic carbocycles. The standard InChI is InChI=1S/C39H71N9O10S/c1-13-22(8)31(48-35(53)26(40)14-15-59-12)38(56)44-25(11)34(52)47-30(21(6)7)37(55)43-24(10)33(51)46-27(16-19(2)3)36(54)42-23(9)32(50)41-18-29(49)45-28(39(57)58)17-20(4)5/h19-28,30-31H,13-18,40H2,1-12H3,(H,41,50)(H,42,54)(H,43,55)(H,44,56)(H,45,49)(H,46,51)(H,47,52)(H,48,53)(H,57,58)/t22-,23-,24-,25-,26-,27-,28-,30-,31-/m0/s1. The maximum atomic E-state index is 13.4. The van der Waals surface area contributed by atoms with E-state index in [0.29, 0.717) is 18.6 Å². The van der Waals surface area contributed by atoms with Crippen molar-refractivity contribution in [2.24, 2.45) is 29.4 Å². The van der Waals surface area contributed by atoms with E-state index in [-0.39, 0.29) is 30.6 Å². The van der Waals surface area contributed by atoms with E-state index in [1.165, 1.54) is 20.8 Å². The number of nitrogens with two attached hydrogens (primary N) is 1. The summed E-state index contributed by atoms with van der Waals surface area (Å²) >= 11 is 1.54. The van der Waals surface area contributed by atoms with Crippen molar-refractivity contribution in [1.29, 1.82) is 0 Å². The van der Waals surface area contributed by atoms with Gasteiger partial charge in [-0.3, -0.25) is 38.4 Å². The molecule has 0 aliphatic carbocycles. The Balaban J connectivity index is 5.52. The summed E-state index contributed by atoms with van der Waals surface area (Å²) in [6.45, 7) is 17.9. The number of thioether (sulfide) groups is 1. The molecule has 20 heteroatoms. The molecular weight excluding hydrogens is 787 g/mol. The van der Waals surface area contributed by atoms with Gasteiger partial charge in [0.1, 0.15) is 42.3 Å². The Kier molecular flexibility index (Phi) is 25.3. The normalized spacial score (nSPS) is 15.9. The van der Waals surface area contributed by atoms with Crippen molar-refractivity contribution in [3.05, 3.63) is 0 Å². The van der Waals surface area contributed by atoms with Crippen LogP contribution in [-0.2, 0) is 43.2 Å². The Labute approximate surface area is 353 Å². The van der Waals surface area contributed by atoms with E-state index in [1.54, 1.807) is 46.4 Å². The number of hydrogen-bond acceptors (Lipinski definition) is 11. The molecule has 0 fully saturated rings. The molecule has 11 N–H and O–H groups in total. The van der Waals surface area contributed by atoms with Gasteiger partial charge in [0.2, 0.25) is 47.3 Å². The van der Waals surface area contributed by atoms with Crippen LogP contribution in [0.3, 0.4) is 0 Å². The highest BCUT2D eigenvalue weighted by molar-refractivity contribution is 7.98. The minimum absolute atomic E-state index is 0.00189. The zero-order valence-electron chi connectivity index (χ0n) is 36.8. The lowest BCUT2D eigenvalue weighted by molar-refractivity contribution is -0.142. The second-order valence-corrected chi connectivity index (χ2v) is 17.2. The summed E-state index contributed by atoms with van der Waals surface area (Å²) in [7, 11) is 0. The molecule has 0 aliphatic rings. The van der Waals surface area contributed by atoms with E-state index >= 15 is 0 Å². The van der Waals surface area contributed by atoms with Crippen molar-refractivity contribution >= 4 is 65.0 Å². The van der Waals surface area contributed by atoms with Crippen LogP contribution in [0.5, 0.6) is 0 Å². The van der Waals surface area contributed by atoms with Crippen LogP contribution >= 0.6 is 11.8 Å². The summed E-state index contributed by atoms with van der Waals surface area (Å²) in [5.74, 6) is -6.66. The maximum Gasteiger partial charge on any atom is 0.326 e. The average Bonchev–Trinajstić information content (AvgIpc) is 3.14. The molecule has 0 heterocycles. The molecule has 0 radical (unpaired) electrons. The molecule has 0 aromatic rings. The van der Waals surface area contributed by atoms with Gasteiger partial charge in [0.25, 0.3) is 0 Å². The summed E-state index contributed by atoms with van der Waals surface area (Å²) in [6, 6.07) is -8.55. The molecule has 8 amide bonds. The molecule has 19 nitrogen and oxygen atoms in total. The van der Waals surface area contributed by atoms with E-state index in [0.717, 1.165) is 0 Å². The lowest BCUT2D eigenvalue weighted by Crippen LogP contribution is -2.60. The largest absolute Gasteiger partial charge is 0.480 e. The number of aliphatic carboxylic acids is 1. The highest BCUT2D eigenvalue weighted by Crippen LogP contribution is 2.11. The fourth-order valence-corrected chi connectivity index (χ4v) is 6.02. The molecule has 9 atom stereocenters. The van der Waals surface area contributed by atoms with Crippen LogP contribution in [0.25, 0.3) is 0 Å². The topological polar surface area (TPSA) is 296 Å². The van der Waals surface area contributed by atoms with Crippen LogP contribution in [0.1, 0.15) is 102 Å². The molecule has 0 saturated carbocycles. The molecule has 0 unspecified atom stereocenters. The predicted molar refractivity (Wildman–Crippen MR) is 225 cm³/mol. The van der Waals surface area contributed by atoms with E-state index in [9.17, 15) is 48.3 Å². The highest BCUT2D eigenvalue weighted by Gasteiger charge is 2.33. The monoisotopic (exact) mass is 858 g/mol. The molecule has 0 aliphatic heterocycles. The zero-order chi connectivity index (χ0) is 45.7. The molecule has 0 saturated heterocycles. The van der Waals surface area contributed by atoms with Gasteiger partial charge in [0.05, 0.1) is 12.6 Å². The summed E-state index contributed by atoms with van der Waals surface area (Å²) in [4.78, 5) is 116. The molecule has 0 bridgehead atoms. The first-order valence-electron chi connectivity index (χ1n) is 20.2. The number of rotatable bonds is 27. The van der Waals surface area contributed by atoms with Gasteiger partial charge in [-0.15, -0.1) is 0 Å². The van der Waals surface area contributed by atoms with Crippen LogP contribution in [0.15, 0.2) is 0 Å². The third-order valence-electron chi connectivity index (χ3n) is 9.37. The minimum atomic E-state index is -1.20. The number of carboxylic acids is 1. The van der Waals surface area contributed by atoms with Gasteiger partial charge in [0.15, 0.2) is 0 Å². The summed E-state index contributed by atoms with van der Waals surface area (Å²) in [5.41, 5.74) is 5.99. The van der Waals surface area contributed by atoms with E-state index in [4.69, 9.17) is 5.73 Å². The van der Waals surface area contributed by atoms with Crippen molar-refractivity contribution in [1.82, 2.24) is 42.5 Å². The van der Waals surface area contributed by atoms with Crippen molar-refractivity contribution < 1.29 is 48.3 Å². The summed E-state index contributed by atoms with van der Waals surface area (Å²) in [6.07, 6.45) is 3.24. The van der Waals surface area contributed by atoms with Crippen molar-refractivity contribution in [3.63, 3.8) is 0 Å². The quantitative estimate of drug-likeness (QED) is 0.0501. The first kappa shape index (κ1) is 54.5. The molecule has 338 valence electrons. The Hall–Kier alpha value is -4.46. The van der Waals surface area contributed by atoms with Gasteiger partial charge >= 0.3 is 5.97 Å². The SMILES string of the molecule is CC[C@H](C)[C@H](NC(=O)[C@@H](N)CCSC)C(=O)N[C@@H](C)C(=O)N[C@H](C(=O)N[C@@H](C)C(=O)N[C@@H](CC(C)C)C(=O)N[C@@H](C)C(=O)NCC(=O)N[C@@H](CC(C)C)C(=O)O)C(C)C. The van der Waals surface area contributed by atoms with Crippen LogP contribution in [-0.4, -0.2) is 125 Å². The Bertz CT molecular complexity index is 1450. The second kappa shape index (κ2) is 27.3. The molecular formula is C39H71N9O10S. The van der Waals surface area contributed by atoms with Gasteiger partial charge < -0.3 is 53.4 Å². The molecule has 0 rings (SSSR count).